The number of benzene rings is 18. The van der Waals surface area contributed by atoms with Crippen LogP contribution in [0.1, 0.15) is 76.0 Å². The summed E-state index contributed by atoms with van der Waals surface area (Å²) < 4.78 is 5.94. The van der Waals surface area contributed by atoms with Crippen LogP contribution >= 0.6 is 136 Å². The van der Waals surface area contributed by atoms with E-state index in [9.17, 15) is 0 Å². The largest absolute Gasteiger partial charge is 0.238 e. The van der Waals surface area contributed by atoms with Crippen molar-refractivity contribution in [2.75, 3.05) is 11.5 Å². The van der Waals surface area contributed by atoms with E-state index in [2.05, 4.69) is 534 Å². The molecule has 1 fully saturated rings. The lowest BCUT2D eigenvalue weighted by atomic mass is 9.82. The van der Waals surface area contributed by atoms with Crippen LogP contribution in [0.3, 0.4) is 0 Å². The van der Waals surface area contributed by atoms with E-state index in [1.807, 2.05) is 23.5 Å². The van der Waals surface area contributed by atoms with Crippen molar-refractivity contribution in [2.45, 2.75) is 78.6 Å². The maximum atomic E-state index is 6.32. The third kappa shape index (κ3) is 21.5. The average Bonchev–Trinajstić information content (AvgIpc) is 0.745. The Morgan fingerprint density at radius 3 is 0.609 bits per heavy atom. The maximum absolute atomic E-state index is 6.32. The van der Waals surface area contributed by atoms with Gasteiger partial charge in [0.25, 0.3) is 0 Å². The minimum Gasteiger partial charge on any atom is -0.238 e. The summed E-state index contributed by atoms with van der Waals surface area (Å²) in [4.78, 5) is 12.6. The lowest BCUT2D eigenvalue weighted by Crippen LogP contribution is -2.14. The Kier molecular flexibility index (Phi) is 29.7. The van der Waals surface area contributed by atoms with Gasteiger partial charge in [-0.05, 0) is 433 Å². The van der Waals surface area contributed by atoms with Crippen molar-refractivity contribution >= 4 is 158 Å². The standard InChI is InChI=1S/C124H97I5N2S2/c1-4-7-16-81-23-29-86(30-24-81)87-35-43-94(44-36-87)111-73-102(84-19-12-10-13-20-84)74-112(95-45-37-88(38-46-95)91-51-61-106(125)62-52-91)119(111)104-77-115(98-31-25-82(26-32-98)17-8-5-2)121(117(79-104)100-57-67-109(128)68-58-100)130-123-124(133-72-71-132-123)131-122-116(99-33-27-83(28-34-99)18-9-6-3)78-105(80-118(122)101-59-69-110(129)70-60-101)120-113(96-47-39-89(40-48-96)92-53-63-107(126)64-54-92)75-103(85-21-14-11-15-22-85)76-114(120)97-49-41-90(42-50-97)93-55-65-108(127)66-56-93/h10-15,19-70,73-80H,4-9,16-18,71-72H2,1-3H3. The highest BCUT2D eigenvalue weighted by Gasteiger charge is 2.29. The van der Waals surface area contributed by atoms with Gasteiger partial charge >= 0.3 is 0 Å². The van der Waals surface area contributed by atoms with Crippen molar-refractivity contribution in [1.29, 1.82) is 0 Å². The molecule has 9 heteroatoms. The van der Waals surface area contributed by atoms with Crippen LogP contribution in [0.5, 0.6) is 0 Å². The lowest BCUT2D eigenvalue weighted by molar-refractivity contribution is 0.795. The number of aliphatic imine (C=N–C) groups is 2. The van der Waals surface area contributed by atoms with E-state index in [0.717, 1.165) is 219 Å². The fourth-order valence-corrected chi connectivity index (χ4v) is 22.0. The van der Waals surface area contributed by atoms with Crippen molar-refractivity contribution < 1.29 is 0 Å². The maximum Gasteiger partial charge on any atom is 0.129 e. The van der Waals surface area contributed by atoms with Crippen LogP contribution in [0.25, 0.3) is 178 Å². The van der Waals surface area contributed by atoms with Gasteiger partial charge in [-0.3, -0.25) is 0 Å². The Morgan fingerprint density at radius 2 is 0.376 bits per heavy atom. The highest BCUT2D eigenvalue weighted by Crippen LogP contribution is 2.54. The van der Waals surface area contributed by atoms with Gasteiger partial charge in [-0.1, -0.05) is 331 Å². The normalized spacial score (nSPS) is 12.7. The molecule has 650 valence electrons. The number of hydrogen-bond acceptors (Lipinski definition) is 4. The number of hydrogen-bond donors (Lipinski definition) is 0. The van der Waals surface area contributed by atoms with Crippen LogP contribution in [-0.4, -0.2) is 21.6 Å². The van der Waals surface area contributed by atoms with Crippen LogP contribution in [0.2, 0.25) is 0 Å². The summed E-state index contributed by atoms with van der Waals surface area (Å²) in [5, 5.41) is 1.77. The summed E-state index contributed by atoms with van der Waals surface area (Å²) >= 11 is 15.8. The molecule has 1 heterocycles. The number of aryl methyl sites for hydroxylation is 3. The van der Waals surface area contributed by atoms with E-state index < -0.39 is 0 Å². The van der Waals surface area contributed by atoms with Crippen LogP contribution in [-0.2, 0) is 19.3 Å². The van der Waals surface area contributed by atoms with E-state index >= 15 is 0 Å². The third-order valence-electron chi connectivity index (χ3n) is 25.4. The summed E-state index contributed by atoms with van der Waals surface area (Å²) in [6.07, 6.45) is 9.90. The molecular formula is C124H97I5N2S2. The molecule has 0 unspecified atom stereocenters. The van der Waals surface area contributed by atoms with Gasteiger partial charge in [-0.25, -0.2) is 9.98 Å². The highest BCUT2D eigenvalue weighted by atomic mass is 127. The summed E-state index contributed by atoms with van der Waals surface area (Å²) in [5.74, 6) is 1.70. The molecule has 1 aliphatic rings. The van der Waals surface area contributed by atoms with Gasteiger partial charge in [0.1, 0.15) is 10.1 Å². The smallest absolute Gasteiger partial charge is 0.129 e. The second-order valence-electron chi connectivity index (χ2n) is 34.2. The number of thioether (sulfide) groups is 2. The highest BCUT2D eigenvalue weighted by molar-refractivity contribution is 14.1. The zero-order valence-corrected chi connectivity index (χ0v) is 86.9. The molecule has 0 atom stereocenters. The van der Waals surface area contributed by atoms with Gasteiger partial charge in [0.15, 0.2) is 0 Å². The SMILES string of the molecule is CCCCc1ccc(-c2ccc(-c3cc(-c4ccccc4)cc(-c4ccc(-c5ccc(I)cc5)cc4)c3-c3cc(-c4ccc(I)cc4)c(N=C4SCCSC4=Nc4c(-c5ccc(I)cc5)cc(-c5c(-c6ccc(-c7ccc(I)cc7)cc6)cc(-c6ccccc6)cc5-c5ccc(-c6ccc(I)cc6)cc5)cc4-c4ccc(CCCC)cc4)c(-c4ccc(CCCC)cc4)c3)cc2)cc1. The first-order valence-corrected chi connectivity index (χ1v) is 53.4. The van der Waals surface area contributed by atoms with Gasteiger partial charge in [-0.15, -0.1) is 23.5 Å². The monoisotopic (exact) mass is 2310 g/mol. The first-order valence-electron chi connectivity index (χ1n) is 46.1. The minimum absolute atomic E-state index is 0.851. The molecule has 133 heavy (non-hydrogen) atoms. The molecule has 0 radical (unpaired) electrons. The first-order chi connectivity index (χ1) is 65.3. The summed E-state index contributed by atoms with van der Waals surface area (Å²) in [6.45, 7) is 6.84. The Labute approximate surface area is 861 Å². The Morgan fingerprint density at radius 1 is 0.195 bits per heavy atom. The lowest BCUT2D eigenvalue weighted by Gasteiger charge is -2.24. The van der Waals surface area contributed by atoms with Crippen LogP contribution in [0, 0.1) is 17.9 Å². The van der Waals surface area contributed by atoms with Crippen molar-refractivity contribution in [2.24, 2.45) is 9.98 Å². The molecule has 1 aliphatic heterocycles. The molecule has 0 aromatic heterocycles. The molecule has 18 aromatic rings. The van der Waals surface area contributed by atoms with Gasteiger partial charge in [0.2, 0.25) is 0 Å². The predicted octanol–water partition coefficient (Wildman–Crippen LogP) is 38.6. The molecule has 0 amide bonds. The molecule has 19 rings (SSSR count). The fraction of sp³-hybridized carbons (Fsp3) is 0.113. The van der Waals surface area contributed by atoms with Gasteiger partial charge < -0.3 is 0 Å². The summed E-state index contributed by atoms with van der Waals surface area (Å²) in [6, 6.07) is 152. The molecule has 0 saturated carbocycles. The first kappa shape index (κ1) is 91.8. The van der Waals surface area contributed by atoms with Crippen molar-refractivity contribution in [1.82, 2.24) is 0 Å². The average molecular weight is 2310 g/mol. The minimum atomic E-state index is 0.851. The van der Waals surface area contributed by atoms with Crippen LogP contribution in [0.15, 0.2) is 410 Å². The molecule has 1 saturated heterocycles. The fourth-order valence-electron chi connectivity index (χ4n) is 18.1. The van der Waals surface area contributed by atoms with E-state index in [4.69, 9.17) is 9.98 Å². The number of rotatable bonds is 27. The Hall–Kier alpha value is -10.4. The Balaban J connectivity index is 0.863. The number of nitrogens with zero attached hydrogens (tertiary/aromatic N) is 2. The van der Waals surface area contributed by atoms with E-state index in [0.29, 0.717) is 0 Å². The zero-order chi connectivity index (χ0) is 90.7. The van der Waals surface area contributed by atoms with E-state index in [1.54, 1.807) is 0 Å². The zero-order valence-electron chi connectivity index (χ0n) is 74.5. The second-order valence-corrected chi connectivity index (χ2v) is 42.6. The van der Waals surface area contributed by atoms with Crippen molar-refractivity contribution in [3.8, 4) is 178 Å². The third-order valence-corrected chi connectivity index (χ3v) is 31.3. The molecule has 0 N–H and O–H groups in total. The molecule has 0 spiro atoms. The van der Waals surface area contributed by atoms with Gasteiger partial charge in [-0.2, -0.15) is 0 Å². The van der Waals surface area contributed by atoms with Crippen LogP contribution in [0.4, 0.5) is 11.4 Å². The molecular weight excluding hydrogens is 2220 g/mol. The molecule has 0 aliphatic carbocycles. The van der Waals surface area contributed by atoms with Gasteiger partial charge in [0, 0.05) is 51.6 Å². The van der Waals surface area contributed by atoms with E-state index in [-0.39, 0.29) is 0 Å². The summed E-state index contributed by atoms with van der Waals surface area (Å²) in [5.41, 5.74) is 41.8. The molecule has 2 nitrogen and oxygen atoms in total. The number of unbranched alkanes of at least 4 members (excludes halogenated alkanes) is 3. The second kappa shape index (κ2) is 43.1. The van der Waals surface area contributed by atoms with Crippen LogP contribution < -0.4 is 0 Å². The van der Waals surface area contributed by atoms with Crippen molar-refractivity contribution in [3.05, 3.63) is 435 Å². The molecule has 0 bridgehead atoms. The Bertz CT molecular complexity index is 6970. The van der Waals surface area contributed by atoms with Crippen molar-refractivity contribution in [3.63, 3.8) is 0 Å². The van der Waals surface area contributed by atoms with Gasteiger partial charge in [0.05, 0.1) is 11.4 Å². The topological polar surface area (TPSA) is 24.7 Å². The van der Waals surface area contributed by atoms with E-state index in [1.165, 1.54) is 84.8 Å². The molecule has 18 aromatic carbocycles. The number of halogens is 5. The quantitative estimate of drug-likeness (QED) is 0.0479. The summed E-state index contributed by atoms with van der Waals surface area (Å²) in [7, 11) is 0. The predicted molar refractivity (Wildman–Crippen MR) is 618 cm³/mol.